The molecule has 0 spiro atoms. The number of carboxylic acids is 1. The Morgan fingerprint density at radius 1 is 1.26 bits per heavy atom. The van der Waals surface area contributed by atoms with Crippen molar-refractivity contribution in [3.8, 4) is 11.5 Å². The number of hydrogen-bond acceptors (Lipinski definition) is 4. The van der Waals surface area contributed by atoms with Crippen molar-refractivity contribution in [3.05, 3.63) is 24.3 Å². The molecule has 5 heteroatoms. The molecule has 1 rings (SSSR count). The van der Waals surface area contributed by atoms with E-state index in [1.807, 2.05) is 6.92 Å². The predicted octanol–water partition coefficient (Wildman–Crippen LogP) is 2.05. The zero-order valence-electron chi connectivity index (χ0n) is 11.2. The predicted molar refractivity (Wildman–Crippen MR) is 72.6 cm³/mol. The van der Waals surface area contributed by atoms with E-state index in [0.717, 1.165) is 18.6 Å². The summed E-state index contributed by atoms with van der Waals surface area (Å²) < 4.78 is 10.8. The summed E-state index contributed by atoms with van der Waals surface area (Å²) in [5.41, 5.74) is 5.39. The molecule has 0 amide bonds. The van der Waals surface area contributed by atoms with Gasteiger partial charge in [0.15, 0.2) is 6.10 Å². The first-order valence-corrected chi connectivity index (χ1v) is 6.49. The Labute approximate surface area is 113 Å². The van der Waals surface area contributed by atoms with E-state index in [9.17, 15) is 4.79 Å². The number of aliphatic carboxylic acids is 1. The van der Waals surface area contributed by atoms with Crippen LogP contribution in [0.2, 0.25) is 0 Å². The van der Waals surface area contributed by atoms with Crippen LogP contribution in [0.5, 0.6) is 11.5 Å². The number of carboxylic acid groups (broad SMARTS) is 1. The Kier molecular flexibility index (Phi) is 6.74. The van der Waals surface area contributed by atoms with E-state index in [4.69, 9.17) is 20.3 Å². The first kappa shape index (κ1) is 15.3. The van der Waals surface area contributed by atoms with Crippen LogP contribution in [0.15, 0.2) is 24.3 Å². The molecule has 0 saturated carbocycles. The SMILES string of the molecule is CCOc1ccc(OC(CCCCN)C(=O)O)cc1. The van der Waals surface area contributed by atoms with Gasteiger partial charge < -0.3 is 20.3 Å². The molecule has 0 bridgehead atoms. The number of benzene rings is 1. The zero-order valence-corrected chi connectivity index (χ0v) is 11.2. The van der Waals surface area contributed by atoms with E-state index in [1.165, 1.54) is 0 Å². The summed E-state index contributed by atoms with van der Waals surface area (Å²) in [6.07, 6.45) is 1.17. The molecule has 0 aliphatic carbocycles. The Morgan fingerprint density at radius 2 is 1.89 bits per heavy atom. The van der Waals surface area contributed by atoms with Gasteiger partial charge in [0.25, 0.3) is 0 Å². The average molecular weight is 267 g/mol. The Morgan fingerprint density at radius 3 is 2.42 bits per heavy atom. The van der Waals surface area contributed by atoms with Crippen LogP contribution in [-0.4, -0.2) is 30.3 Å². The van der Waals surface area contributed by atoms with Crippen molar-refractivity contribution in [3.63, 3.8) is 0 Å². The van der Waals surface area contributed by atoms with Gasteiger partial charge in [-0.15, -0.1) is 0 Å². The second-order valence-electron chi connectivity index (χ2n) is 4.13. The third-order valence-electron chi connectivity index (χ3n) is 2.61. The maximum atomic E-state index is 11.1. The molecule has 106 valence electrons. The van der Waals surface area contributed by atoms with Crippen LogP contribution in [-0.2, 0) is 4.79 Å². The minimum atomic E-state index is -0.953. The largest absolute Gasteiger partial charge is 0.494 e. The summed E-state index contributed by atoms with van der Waals surface area (Å²) in [6.45, 7) is 3.06. The molecule has 1 atom stereocenters. The molecule has 0 heterocycles. The van der Waals surface area contributed by atoms with Gasteiger partial charge in [0, 0.05) is 0 Å². The molecule has 0 aliphatic heterocycles. The van der Waals surface area contributed by atoms with Crippen LogP contribution in [0.25, 0.3) is 0 Å². The second kappa shape index (κ2) is 8.37. The van der Waals surface area contributed by atoms with Crippen molar-refractivity contribution < 1.29 is 19.4 Å². The molecule has 0 radical (unpaired) electrons. The van der Waals surface area contributed by atoms with Gasteiger partial charge in [-0.05, 0) is 57.0 Å². The van der Waals surface area contributed by atoms with E-state index in [0.29, 0.717) is 25.3 Å². The van der Waals surface area contributed by atoms with Crippen LogP contribution in [0, 0.1) is 0 Å². The van der Waals surface area contributed by atoms with E-state index in [-0.39, 0.29) is 0 Å². The van der Waals surface area contributed by atoms with E-state index in [1.54, 1.807) is 24.3 Å². The van der Waals surface area contributed by atoms with Gasteiger partial charge in [-0.2, -0.15) is 0 Å². The molecule has 0 saturated heterocycles. The first-order chi connectivity index (χ1) is 9.17. The molecule has 0 fully saturated rings. The molecular formula is C14H21NO4. The fourth-order valence-electron chi connectivity index (χ4n) is 1.65. The molecule has 5 nitrogen and oxygen atoms in total. The van der Waals surface area contributed by atoms with Gasteiger partial charge in [-0.1, -0.05) is 0 Å². The summed E-state index contributed by atoms with van der Waals surface area (Å²) in [6, 6.07) is 6.95. The van der Waals surface area contributed by atoms with E-state index >= 15 is 0 Å². The highest BCUT2D eigenvalue weighted by Gasteiger charge is 2.18. The summed E-state index contributed by atoms with van der Waals surface area (Å²) in [5.74, 6) is 0.319. The third kappa shape index (κ3) is 5.61. The number of hydrogen-bond donors (Lipinski definition) is 2. The highest BCUT2D eigenvalue weighted by molar-refractivity contribution is 5.72. The molecule has 1 unspecified atom stereocenters. The van der Waals surface area contributed by atoms with E-state index in [2.05, 4.69) is 0 Å². The Bertz CT molecular complexity index is 378. The van der Waals surface area contributed by atoms with Crippen LogP contribution in [0.3, 0.4) is 0 Å². The maximum Gasteiger partial charge on any atom is 0.344 e. The number of unbranched alkanes of at least 4 members (excludes halogenated alkanes) is 1. The van der Waals surface area contributed by atoms with Gasteiger partial charge in [-0.25, -0.2) is 4.79 Å². The van der Waals surface area contributed by atoms with Crippen LogP contribution < -0.4 is 15.2 Å². The van der Waals surface area contributed by atoms with Gasteiger partial charge in [0.05, 0.1) is 6.61 Å². The highest BCUT2D eigenvalue weighted by atomic mass is 16.5. The average Bonchev–Trinajstić information content (AvgIpc) is 2.40. The molecule has 1 aromatic rings. The number of rotatable bonds is 9. The van der Waals surface area contributed by atoms with Crippen molar-refractivity contribution in [2.24, 2.45) is 5.73 Å². The van der Waals surface area contributed by atoms with Crippen molar-refractivity contribution in [1.29, 1.82) is 0 Å². The highest BCUT2D eigenvalue weighted by Crippen LogP contribution is 2.20. The molecule has 19 heavy (non-hydrogen) atoms. The lowest BCUT2D eigenvalue weighted by atomic mass is 10.1. The first-order valence-electron chi connectivity index (χ1n) is 6.49. The van der Waals surface area contributed by atoms with Crippen molar-refractivity contribution in [1.82, 2.24) is 0 Å². The van der Waals surface area contributed by atoms with E-state index < -0.39 is 12.1 Å². The standard InChI is InChI=1S/C14H21NO4/c1-2-18-11-6-8-12(9-7-11)19-13(14(16)17)5-3-4-10-15/h6-9,13H,2-5,10,15H2,1H3,(H,16,17). The second-order valence-corrected chi connectivity index (χ2v) is 4.13. The van der Waals surface area contributed by atoms with Crippen molar-refractivity contribution in [2.75, 3.05) is 13.2 Å². The molecule has 3 N–H and O–H groups in total. The minimum absolute atomic E-state index is 0.458. The topological polar surface area (TPSA) is 81.8 Å². The molecule has 1 aromatic carbocycles. The van der Waals surface area contributed by atoms with Crippen molar-refractivity contribution >= 4 is 5.97 Å². The zero-order chi connectivity index (χ0) is 14.1. The number of ether oxygens (including phenoxy) is 2. The van der Waals surface area contributed by atoms with Crippen LogP contribution in [0.4, 0.5) is 0 Å². The van der Waals surface area contributed by atoms with Crippen LogP contribution >= 0.6 is 0 Å². The summed E-state index contributed by atoms with van der Waals surface area (Å²) >= 11 is 0. The smallest absolute Gasteiger partial charge is 0.344 e. The fourth-order valence-corrected chi connectivity index (χ4v) is 1.65. The van der Waals surface area contributed by atoms with Gasteiger partial charge >= 0.3 is 5.97 Å². The fraction of sp³-hybridized carbons (Fsp3) is 0.500. The molecular weight excluding hydrogens is 246 g/mol. The van der Waals surface area contributed by atoms with Gasteiger partial charge in [0.1, 0.15) is 11.5 Å². The Balaban J connectivity index is 2.55. The number of carbonyl (C=O) groups is 1. The lowest BCUT2D eigenvalue weighted by Crippen LogP contribution is -2.27. The maximum absolute atomic E-state index is 11.1. The monoisotopic (exact) mass is 267 g/mol. The summed E-state index contributed by atoms with van der Waals surface area (Å²) in [4.78, 5) is 11.1. The summed E-state index contributed by atoms with van der Waals surface area (Å²) in [7, 11) is 0. The Hall–Kier alpha value is -1.75. The third-order valence-corrected chi connectivity index (χ3v) is 2.61. The lowest BCUT2D eigenvalue weighted by molar-refractivity contribution is -0.145. The van der Waals surface area contributed by atoms with Gasteiger partial charge in [-0.3, -0.25) is 0 Å². The molecule has 0 aliphatic rings. The molecule has 0 aromatic heterocycles. The van der Waals surface area contributed by atoms with Gasteiger partial charge in [0.2, 0.25) is 0 Å². The number of nitrogens with two attached hydrogens (primary N) is 1. The van der Waals surface area contributed by atoms with Crippen LogP contribution in [0.1, 0.15) is 26.2 Å². The summed E-state index contributed by atoms with van der Waals surface area (Å²) in [5, 5.41) is 9.09. The lowest BCUT2D eigenvalue weighted by Gasteiger charge is -2.15. The van der Waals surface area contributed by atoms with Crippen molar-refractivity contribution in [2.45, 2.75) is 32.3 Å². The minimum Gasteiger partial charge on any atom is -0.494 e. The quantitative estimate of drug-likeness (QED) is 0.669. The normalized spacial score (nSPS) is 11.9.